The number of aromatic nitrogens is 2. The van der Waals surface area contributed by atoms with Crippen LogP contribution in [0.4, 0.5) is 5.82 Å². The molecular formula is C16H26N4O5. The lowest BCUT2D eigenvalue weighted by atomic mass is 10.1. The van der Waals surface area contributed by atoms with Gasteiger partial charge in [0.2, 0.25) is 0 Å². The van der Waals surface area contributed by atoms with Crippen molar-refractivity contribution in [1.82, 2.24) is 14.5 Å². The molecule has 2 rings (SSSR count). The van der Waals surface area contributed by atoms with Crippen LogP contribution in [-0.2, 0) is 4.74 Å². The molecule has 0 saturated carbocycles. The van der Waals surface area contributed by atoms with E-state index in [2.05, 4.69) is 9.98 Å². The minimum absolute atomic E-state index is 0.235. The first kappa shape index (κ1) is 19.5. The molecule has 4 atom stereocenters. The third-order valence-corrected chi connectivity index (χ3v) is 4.12. The summed E-state index contributed by atoms with van der Waals surface area (Å²) in [6, 6.07) is 2.02. The second-order valence-corrected chi connectivity index (χ2v) is 6.58. The average Bonchev–Trinajstić information content (AvgIpc) is 2.82. The largest absolute Gasteiger partial charge is 0.394 e. The summed E-state index contributed by atoms with van der Waals surface area (Å²) < 4.78 is 6.40. The number of ether oxygens (including phenoxy) is 1. The Bertz CT molecular complexity index is 652. The molecule has 25 heavy (non-hydrogen) atoms. The van der Waals surface area contributed by atoms with Crippen LogP contribution in [0.3, 0.4) is 0 Å². The van der Waals surface area contributed by atoms with Gasteiger partial charge >= 0.3 is 5.69 Å². The van der Waals surface area contributed by atoms with E-state index in [4.69, 9.17) is 9.84 Å². The summed E-state index contributed by atoms with van der Waals surface area (Å²) in [4.78, 5) is 22.3. The number of rotatable bonds is 6. The maximum absolute atomic E-state index is 12.2. The zero-order valence-corrected chi connectivity index (χ0v) is 14.9. The molecule has 0 radical (unpaired) electrons. The lowest BCUT2D eigenvalue weighted by molar-refractivity contribution is -0.0549. The lowest BCUT2D eigenvalue weighted by Gasteiger charge is -2.28. The maximum atomic E-state index is 12.2. The molecule has 3 N–H and O–H groups in total. The smallest absolute Gasteiger partial charge is 0.351 e. The normalized spacial score (nSPS) is 26.9. The van der Waals surface area contributed by atoms with Crippen molar-refractivity contribution in [3.05, 3.63) is 22.7 Å². The standard InChI is InChI=1S/C16H26N4O5/c1-9(2)20(10(3)4)8-17-12-5-6-19(16(24)18-12)15-14(23)13(22)11(7-21)25-15/h5-6,8-11,13-15,21-23H,7H2,1-4H3/t11-,13?,14?,15-/m1/s1. The van der Waals surface area contributed by atoms with E-state index in [-0.39, 0.29) is 17.9 Å². The van der Waals surface area contributed by atoms with Crippen molar-refractivity contribution in [2.45, 2.75) is 64.3 Å². The fourth-order valence-corrected chi connectivity index (χ4v) is 2.77. The number of aliphatic hydroxyl groups is 3. The first-order chi connectivity index (χ1) is 11.8. The highest BCUT2D eigenvalue weighted by atomic mass is 16.6. The molecule has 0 spiro atoms. The molecule has 2 unspecified atom stereocenters. The molecule has 1 saturated heterocycles. The van der Waals surface area contributed by atoms with Gasteiger partial charge in [0.1, 0.15) is 18.3 Å². The Morgan fingerprint density at radius 1 is 1.32 bits per heavy atom. The Balaban J connectivity index is 2.20. The van der Waals surface area contributed by atoms with Gasteiger partial charge in [-0.25, -0.2) is 9.79 Å². The van der Waals surface area contributed by atoms with Crippen LogP contribution in [0.2, 0.25) is 0 Å². The van der Waals surface area contributed by atoms with Crippen molar-refractivity contribution in [2.24, 2.45) is 4.99 Å². The van der Waals surface area contributed by atoms with E-state index >= 15 is 0 Å². The molecule has 1 aromatic heterocycles. The Morgan fingerprint density at radius 3 is 2.44 bits per heavy atom. The minimum Gasteiger partial charge on any atom is -0.394 e. The van der Waals surface area contributed by atoms with Crippen LogP contribution in [0, 0.1) is 0 Å². The molecule has 0 aromatic carbocycles. The van der Waals surface area contributed by atoms with Gasteiger partial charge in [-0.15, -0.1) is 0 Å². The lowest BCUT2D eigenvalue weighted by Crippen LogP contribution is -2.36. The monoisotopic (exact) mass is 354 g/mol. The van der Waals surface area contributed by atoms with Crippen LogP contribution in [0.5, 0.6) is 0 Å². The van der Waals surface area contributed by atoms with Gasteiger partial charge in [0.25, 0.3) is 0 Å². The summed E-state index contributed by atoms with van der Waals surface area (Å²) in [7, 11) is 0. The second-order valence-electron chi connectivity index (χ2n) is 6.58. The van der Waals surface area contributed by atoms with Gasteiger partial charge in [-0.2, -0.15) is 4.98 Å². The Labute approximate surface area is 146 Å². The second kappa shape index (κ2) is 8.05. The highest BCUT2D eigenvalue weighted by Crippen LogP contribution is 2.28. The number of nitrogens with zero attached hydrogens (tertiary/aromatic N) is 4. The van der Waals surface area contributed by atoms with Gasteiger partial charge in [0.05, 0.1) is 12.9 Å². The van der Waals surface area contributed by atoms with Crippen LogP contribution in [0.15, 0.2) is 22.1 Å². The van der Waals surface area contributed by atoms with Crippen LogP contribution < -0.4 is 5.69 Å². The van der Waals surface area contributed by atoms with Gasteiger partial charge in [0, 0.05) is 18.3 Å². The van der Waals surface area contributed by atoms with E-state index in [0.29, 0.717) is 0 Å². The summed E-state index contributed by atoms with van der Waals surface area (Å²) in [5.41, 5.74) is -0.662. The van der Waals surface area contributed by atoms with Gasteiger partial charge in [-0.1, -0.05) is 0 Å². The zero-order chi connectivity index (χ0) is 18.7. The van der Waals surface area contributed by atoms with Crippen molar-refractivity contribution < 1.29 is 20.1 Å². The van der Waals surface area contributed by atoms with Crippen molar-refractivity contribution in [1.29, 1.82) is 0 Å². The van der Waals surface area contributed by atoms with Crippen LogP contribution in [0.25, 0.3) is 0 Å². The molecule has 2 heterocycles. The summed E-state index contributed by atoms with van der Waals surface area (Å²) in [6.07, 6.45) is -1.61. The zero-order valence-electron chi connectivity index (χ0n) is 14.9. The van der Waals surface area contributed by atoms with E-state index in [0.717, 1.165) is 4.57 Å². The maximum Gasteiger partial charge on any atom is 0.351 e. The molecule has 0 aliphatic carbocycles. The van der Waals surface area contributed by atoms with Crippen LogP contribution in [0.1, 0.15) is 33.9 Å². The molecule has 1 aliphatic heterocycles. The number of hydrogen-bond acceptors (Lipinski definition) is 7. The topological polar surface area (TPSA) is 120 Å². The third-order valence-electron chi connectivity index (χ3n) is 4.12. The average molecular weight is 354 g/mol. The molecule has 140 valence electrons. The van der Waals surface area contributed by atoms with E-state index in [1.807, 2.05) is 32.6 Å². The molecule has 0 bridgehead atoms. The third kappa shape index (κ3) is 4.24. The Morgan fingerprint density at radius 2 is 1.96 bits per heavy atom. The van der Waals surface area contributed by atoms with Gasteiger partial charge < -0.3 is 25.0 Å². The van der Waals surface area contributed by atoms with Crippen molar-refractivity contribution >= 4 is 12.2 Å². The van der Waals surface area contributed by atoms with Gasteiger partial charge in [0.15, 0.2) is 12.0 Å². The Hall–Kier alpha value is -1.81. The molecule has 1 fully saturated rings. The summed E-state index contributed by atoms with van der Waals surface area (Å²) in [6.45, 7) is 7.70. The SMILES string of the molecule is CC(C)N(C=Nc1ccn([C@@H]2O[C@H](CO)C(O)C2O)c(=O)n1)C(C)C. The summed E-state index contributed by atoms with van der Waals surface area (Å²) in [5, 5.41) is 28.9. The Kier molecular flexibility index (Phi) is 6.28. The number of aliphatic hydroxyl groups excluding tert-OH is 3. The van der Waals surface area contributed by atoms with Crippen molar-refractivity contribution in [3.63, 3.8) is 0 Å². The van der Waals surface area contributed by atoms with Crippen LogP contribution in [-0.4, -0.2) is 73.1 Å². The van der Waals surface area contributed by atoms with E-state index in [1.165, 1.54) is 12.3 Å². The first-order valence-electron chi connectivity index (χ1n) is 8.29. The van der Waals surface area contributed by atoms with E-state index in [9.17, 15) is 15.0 Å². The molecule has 1 aliphatic rings. The highest BCUT2D eigenvalue weighted by Gasteiger charge is 2.43. The van der Waals surface area contributed by atoms with Crippen molar-refractivity contribution in [2.75, 3.05) is 6.61 Å². The molecule has 9 heteroatoms. The quantitative estimate of drug-likeness (QED) is 0.471. The summed E-state index contributed by atoms with van der Waals surface area (Å²) in [5.74, 6) is 0.235. The van der Waals surface area contributed by atoms with Crippen LogP contribution >= 0.6 is 0 Å². The molecular weight excluding hydrogens is 328 g/mol. The fraction of sp³-hybridized carbons (Fsp3) is 0.688. The van der Waals surface area contributed by atoms with E-state index in [1.54, 1.807) is 6.34 Å². The molecule has 1 aromatic rings. The first-order valence-corrected chi connectivity index (χ1v) is 8.29. The minimum atomic E-state index is -1.33. The molecule has 0 amide bonds. The van der Waals surface area contributed by atoms with Gasteiger partial charge in [-0.3, -0.25) is 4.57 Å². The predicted molar refractivity (Wildman–Crippen MR) is 91.8 cm³/mol. The summed E-state index contributed by atoms with van der Waals surface area (Å²) >= 11 is 0. The number of aliphatic imine (C=N–C) groups is 1. The van der Waals surface area contributed by atoms with E-state index < -0.39 is 36.8 Å². The number of hydrogen-bond donors (Lipinski definition) is 3. The predicted octanol–water partition coefficient (Wildman–Crippen LogP) is -0.367. The molecule has 9 nitrogen and oxygen atoms in total. The fourth-order valence-electron chi connectivity index (χ4n) is 2.77. The van der Waals surface area contributed by atoms with Gasteiger partial charge in [-0.05, 0) is 33.8 Å². The van der Waals surface area contributed by atoms with Crippen molar-refractivity contribution in [3.8, 4) is 0 Å². The highest BCUT2D eigenvalue weighted by molar-refractivity contribution is 5.60.